The summed E-state index contributed by atoms with van der Waals surface area (Å²) in [6.45, 7) is 1.59. The van der Waals surface area contributed by atoms with E-state index in [2.05, 4.69) is 6.92 Å². The van der Waals surface area contributed by atoms with Gasteiger partial charge in [0.1, 0.15) is 30.2 Å². The molecule has 5 N–H and O–H groups in total. The SMILES string of the molecule is CCCCCCCCCCCCCCC(=O)C[C@]1(O)O[C@H](CO)[C@H](O)[C@H](O)[C@H]1O. The molecule has 0 saturated carbocycles. The summed E-state index contributed by atoms with van der Waals surface area (Å²) < 4.78 is 5.13. The predicted molar refractivity (Wildman–Crippen MR) is 110 cm³/mol. The van der Waals surface area contributed by atoms with E-state index in [1.807, 2.05) is 0 Å². The van der Waals surface area contributed by atoms with Crippen LogP contribution in [0.5, 0.6) is 0 Å². The van der Waals surface area contributed by atoms with Gasteiger partial charge in [0.05, 0.1) is 13.0 Å². The molecule has 7 nitrogen and oxygen atoms in total. The second-order valence-corrected chi connectivity index (χ2v) is 8.46. The van der Waals surface area contributed by atoms with Gasteiger partial charge in [-0.2, -0.15) is 0 Å². The van der Waals surface area contributed by atoms with E-state index in [4.69, 9.17) is 4.74 Å². The van der Waals surface area contributed by atoms with E-state index < -0.39 is 43.2 Å². The molecule has 0 radical (unpaired) electrons. The zero-order valence-electron chi connectivity index (χ0n) is 18.0. The first-order valence-corrected chi connectivity index (χ1v) is 11.4. The van der Waals surface area contributed by atoms with Crippen LogP contribution < -0.4 is 0 Å². The van der Waals surface area contributed by atoms with Crippen molar-refractivity contribution in [3.63, 3.8) is 0 Å². The Morgan fingerprint density at radius 3 is 1.79 bits per heavy atom. The van der Waals surface area contributed by atoms with Crippen LogP contribution in [0.2, 0.25) is 0 Å². The summed E-state index contributed by atoms with van der Waals surface area (Å²) in [7, 11) is 0. The summed E-state index contributed by atoms with van der Waals surface area (Å²) in [6.07, 6.45) is 7.82. The van der Waals surface area contributed by atoms with Gasteiger partial charge in [0.15, 0.2) is 0 Å². The molecule has 0 spiro atoms. The van der Waals surface area contributed by atoms with Gasteiger partial charge in [-0.1, -0.05) is 77.6 Å². The summed E-state index contributed by atoms with van der Waals surface area (Å²) >= 11 is 0. The van der Waals surface area contributed by atoms with E-state index in [1.165, 1.54) is 51.4 Å². The zero-order valence-corrected chi connectivity index (χ0v) is 18.0. The monoisotopic (exact) mass is 418 g/mol. The van der Waals surface area contributed by atoms with E-state index in [0.717, 1.165) is 19.3 Å². The zero-order chi connectivity index (χ0) is 21.7. The third-order valence-corrected chi connectivity index (χ3v) is 5.81. The van der Waals surface area contributed by atoms with Gasteiger partial charge in [-0.15, -0.1) is 0 Å². The lowest BCUT2D eigenvalue weighted by atomic mass is 9.89. The van der Waals surface area contributed by atoms with Crippen molar-refractivity contribution in [1.29, 1.82) is 0 Å². The highest BCUT2D eigenvalue weighted by atomic mass is 16.7. The Labute approximate surface area is 175 Å². The van der Waals surface area contributed by atoms with Crippen molar-refractivity contribution in [2.75, 3.05) is 6.61 Å². The van der Waals surface area contributed by atoms with Crippen molar-refractivity contribution in [1.82, 2.24) is 0 Å². The molecule has 0 bridgehead atoms. The molecule has 0 aromatic heterocycles. The largest absolute Gasteiger partial charge is 0.394 e. The second-order valence-electron chi connectivity index (χ2n) is 8.46. The molecule has 0 unspecified atom stereocenters. The Balaban J connectivity index is 2.13. The first-order valence-electron chi connectivity index (χ1n) is 11.4. The Bertz CT molecular complexity index is 443. The molecule has 1 aliphatic heterocycles. The standard InChI is InChI=1S/C22H42O7/c1-2-3-4-5-6-7-8-9-10-11-12-13-14-17(24)15-22(28)21(27)20(26)19(25)18(16-23)29-22/h18-21,23,25-28H,2-16H2,1H3/t18-,19+,20+,21-,22+/m1/s1. The van der Waals surface area contributed by atoms with Crippen molar-refractivity contribution in [2.24, 2.45) is 0 Å². The number of rotatable bonds is 16. The number of ether oxygens (including phenoxy) is 1. The van der Waals surface area contributed by atoms with E-state index in [1.54, 1.807) is 0 Å². The second kappa shape index (κ2) is 14.4. The van der Waals surface area contributed by atoms with E-state index in [0.29, 0.717) is 6.42 Å². The number of hydrogen-bond acceptors (Lipinski definition) is 7. The molecular formula is C22H42O7. The number of carbonyl (C=O) groups excluding carboxylic acids is 1. The molecule has 0 aromatic carbocycles. The summed E-state index contributed by atoms with van der Waals surface area (Å²) in [6, 6.07) is 0. The fourth-order valence-corrected chi connectivity index (χ4v) is 3.90. The fourth-order valence-electron chi connectivity index (χ4n) is 3.90. The number of aliphatic hydroxyl groups is 5. The molecule has 0 amide bonds. The topological polar surface area (TPSA) is 127 Å². The Kier molecular flexibility index (Phi) is 13.2. The van der Waals surface area contributed by atoms with E-state index >= 15 is 0 Å². The predicted octanol–water partition coefficient (Wildman–Crippen LogP) is 2.20. The van der Waals surface area contributed by atoms with Crippen LogP contribution in [0.1, 0.15) is 96.8 Å². The lowest BCUT2D eigenvalue weighted by molar-refractivity contribution is -0.347. The number of aliphatic hydroxyl groups excluding tert-OH is 4. The summed E-state index contributed by atoms with van der Waals surface area (Å²) in [5, 5.41) is 49.1. The maximum atomic E-state index is 12.2. The third kappa shape index (κ3) is 9.40. The molecule has 1 heterocycles. The highest BCUT2D eigenvalue weighted by molar-refractivity contribution is 5.79. The van der Waals surface area contributed by atoms with E-state index in [9.17, 15) is 30.3 Å². The van der Waals surface area contributed by atoms with Gasteiger partial charge in [-0.25, -0.2) is 0 Å². The molecule has 7 heteroatoms. The maximum absolute atomic E-state index is 12.2. The lowest BCUT2D eigenvalue weighted by Gasteiger charge is -2.45. The molecule has 5 atom stereocenters. The van der Waals surface area contributed by atoms with Gasteiger partial charge in [0.2, 0.25) is 5.79 Å². The minimum absolute atomic E-state index is 0.262. The van der Waals surface area contributed by atoms with Gasteiger partial charge >= 0.3 is 0 Å². The van der Waals surface area contributed by atoms with Crippen LogP contribution in [0.25, 0.3) is 0 Å². The van der Waals surface area contributed by atoms with Crippen molar-refractivity contribution in [3.05, 3.63) is 0 Å². The van der Waals surface area contributed by atoms with Gasteiger partial charge in [-0.3, -0.25) is 4.79 Å². The van der Waals surface area contributed by atoms with Crippen molar-refractivity contribution in [2.45, 2.75) is 127 Å². The molecule has 1 rings (SSSR count). The number of hydrogen-bond donors (Lipinski definition) is 5. The number of carbonyl (C=O) groups is 1. The lowest BCUT2D eigenvalue weighted by Crippen LogP contribution is -2.65. The molecule has 0 aliphatic carbocycles. The summed E-state index contributed by atoms with van der Waals surface area (Å²) in [5.74, 6) is -2.57. The quantitative estimate of drug-likeness (QED) is 0.243. The van der Waals surface area contributed by atoms with Crippen molar-refractivity contribution >= 4 is 5.78 Å². The Hall–Kier alpha value is -0.570. The Morgan fingerprint density at radius 1 is 0.828 bits per heavy atom. The van der Waals surface area contributed by atoms with Gasteiger partial charge in [-0.05, 0) is 6.42 Å². The van der Waals surface area contributed by atoms with Crippen LogP contribution in [0.3, 0.4) is 0 Å². The molecule has 172 valence electrons. The minimum atomic E-state index is -2.29. The first kappa shape index (κ1) is 26.5. The highest BCUT2D eigenvalue weighted by Crippen LogP contribution is 2.31. The van der Waals surface area contributed by atoms with Gasteiger partial charge in [0.25, 0.3) is 0 Å². The smallest absolute Gasteiger partial charge is 0.202 e. The summed E-state index contributed by atoms with van der Waals surface area (Å²) in [5.41, 5.74) is 0. The number of unbranched alkanes of at least 4 members (excludes halogenated alkanes) is 11. The fraction of sp³-hybridized carbons (Fsp3) is 0.955. The van der Waals surface area contributed by atoms with Crippen LogP contribution in [-0.4, -0.2) is 68.1 Å². The number of ketones is 1. The van der Waals surface area contributed by atoms with Crippen LogP contribution >= 0.6 is 0 Å². The molecule has 29 heavy (non-hydrogen) atoms. The van der Waals surface area contributed by atoms with Gasteiger partial charge < -0.3 is 30.3 Å². The molecule has 0 aromatic rings. The summed E-state index contributed by atoms with van der Waals surface area (Å²) in [4.78, 5) is 12.2. The average molecular weight is 419 g/mol. The van der Waals surface area contributed by atoms with E-state index in [-0.39, 0.29) is 12.2 Å². The van der Waals surface area contributed by atoms with Crippen molar-refractivity contribution < 1.29 is 35.1 Å². The normalized spacial score (nSPS) is 29.9. The van der Waals surface area contributed by atoms with Crippen molar-refractivity contribution in [3.8, 4) is 0 Å². The average Bonchev–Trinajstić information content (AvgIpc) is 2.70. The van der Waals surface area contributed by atoms with Crippen LogP contribution in [0.15, 0.2) is 0 Å². The molecule has 1 aliphatic rings. The van der Waals surface area contributed by atoms with Crippen LogP contribution in [0.4, 0.5) is 0 Å². The molecular weight excluding hydrogens is 376 g/mol. The Morgan fingerprint density at radius 2 is 1.31 bits per heavy atom. The van der Waals surface area contributed by atoms with Crippen LogP contribution in [-0.2, 0) is 9.53 Å². The minimum Gasteiger partial charge on any atom is -0.394 e. The highest BCUT2D eigenvalue weighted by Gasteiger charge is 2.53. The van der Waals surface area contributed by atoms with Gasteiger partial charge in [0, 0.05) is 6.42 Å². The van der Waals surface area contributed by atoms with Crippen LogP contribution in [0, 0.1) is 0 Å². The maximum Gasteiger partial charge on any atom is 0.202 e. The number of Topliss-reactive ketones (excluding diaryl/α,β-unsaturated/α-hetero) is 1. The first-order chi connectivity index (χ1) is 13.9. The molecule has 1 saturated heterocycles. The molecule has 1 fully saturated rings. The third-order valence-electron chi connectivity index (χ3n) is 5.81.